The van der Waals surface area contributed by atoms with Crippen molar-refractivity contribution >= 4 is 10.0 Å². The van der Waals surface area contributed by atoms with Crippen molar-refractivity contribution in [3.63, 3.8) is 0 Å². The fourth-order valence-electron chi connectivity index (χ4n) is 3.39. The average molecular weight is 275 g/mol. The van der Waals surface area contributed by atoms with Crippen LogP contribution in [0.15, 0.2) is 0 Å². The fraction of sp³-hybridized carbons (Fsp3) is 1.00. The highest BCUT2D eigenvalue weighted by molar-refractivity contribution is 7.89. The number of nitrogens with zero attached hydrogens (tertiary/aromatic N) is 1. The van der Waals surface area contributed by atoms with Gasteiger partial charge < -0.3 is 5.32 Å². The van der Waals surface area contributed by atoms with Gasteiger partial charge in [-0.15, -0.1) is 0 Å². The molecular weight excluding hydrogens is 250 g/mol. The van der Waals surface area contributed by atoms with Crippen LogP contribution in [0.4, 0.5) is 0 Å². The molecule has 18 heavy (non-hydrogen) atoms. The van der Waals surface area contributed by atoms with E-state index in [-0.39, 0.29) is 5.75 Å². The molecule has 0 amide bonds. The molecule has 5 nitrogen and oxygen atoms in total. The van der Waals surface area contributed by atoms with Gasteiger partial charge in [0.2, 0.25) is 10.0 Å². The molecule has 6 heteroatoms. The molecule has 0 aromatic heterocycles. The fourth-order valence-corrected chi connectivity index (χ4v) is 4.43. The molecule has 2 N–H and O–H groups in total. The molecule has 2 fully saturated rings. The molecule has 2 heterocycles. The molecule has 2 rings (SSSR count). The first-order chi connectivity index (χ1) is 8.55. The molecule has 2 aliphatic rings. The van der Waals surface area contributed by atoms with Crippen LogP contribution in [-0.4, -0.2) is 57.3 Å². The maximum atomic E-state index is 11.7. The number of rotatable bonds is 6. The van der Waals surface area contributed by atoms with Gasteiger partial charge in [0.05, 0.1) is 5.75 Å². The summed E-state index contributed by atoms with van der Waals surface area (Å²) in [5.41, 5.74) is 0. The van der Waals surface area contributed by atoms with Gasteiger partial charge in [0.25, 0.3) is 0 Å². The average Bonchev–Trinajstić information content (AvgIpc) is 2.56. The quantitative estimate of drug-likeness (QED) is 0.724. The van der Waals surface area contributed by atoms with Crippen molar-refractivity contribution in [3.05, 3.63) is 0 Å². The van der Waals surface area contributed by atoms with Gasteiger partial charge in [-0.25, -0.2) is 13.1 Å². The molecule has 106 valence electrons. The number of nitrogens with one attached hydrogen (secondary N) is 2. The Kier molecular flexibility index (Phi) is 4.64. The molecule has 2 atom stereocenters. The lowest BCUT2D eigenvalue weighted by atomic mass is 9.98. The lowest BCUT2D eigenvalue weighted by Gasteiger charge is -2.38. The van der Waals surface area contributed by atoms with Crippen molar-refractivity contribution in [1.82, 2.24) is 14.9 Å². The number of hydrogen-bond acceptors (Lipinski definition) is 4. The van der Waals surface area contributed by atoms with Crippen molar-refractivity contribution in [1.29, 1.82) is 0 Å². The number of hydrogen-bond donors (Lipinski definition) is 2. The van der Waals surface area contributed by atoms with E-state index < -0.39 is 10.0 Å². The minimum Gasteiger partial charge on any atom is -0.317 e. The zero-order chi connectivity index (χ0) is 13.2. The summed E-state index contributed by atoms with van der Waals surface area (Å²) in [6, 6.07) is 1.78. The Morgan fingerprint density at radius 1 is 1.22 bits per heavy atom. The standard InChI is InChI=1S/C12H25N3O2S/c1-3-14-18(16,17)7-6-15-11-4-5-12(15)9-10(8-11)13-2/h10-14H,3-9H2,1-2H3. The lowest BCUT2D eigenvalue weighted by molar-refractivity contribution is 0.127. The van der Waals surface area contributed by atoms with E-state index in [9.17, 15) is 8.42 Å². The first kappa shape index (κ1) is 14.2. The molecular formula is C12H25N3O2S. The van der Waals surface area contributed by atoms with Crippen LogP contribution in [0.25, 0.3) is 0 Å². The molecule has 0 aromatic rings. The van der Waals surface area contributed by atoms with Crippen LogP contribution < -0.4 is 10.0 Å². The number of sulfonamides is 1. The van der Waals surface area contributed by atoms with Crippen LogP contribution in [0.2, 0.25) is 0 Å². The highest BCUT2D eigenvalue weighted by Crippen LogP contribution is 2.35. The second kappa shape index (κ2) is 5.86. The predicted octanol–water partition coefficient (Wildman–Crippen LogP) is 0.141. The second-order valence-electron chi connectivity index (χ2n) is 5.40. The van der Waals surface area contributed by atoms with Crippen molar-refractivity contribution in [2.45, 2.75) is 50.7 Å². The van der Waals surface area contributed by atoms with Gasteiger partial charge in [-0.1, -0.05) is 6.92 Å². The Morgan fingerprint density at radius 2 is 1.83 bits per heavy atom. The third-order valence-electron chi connectivity index (χ3n) is 4.28. The van der Waals surface area contributed by atoms with Crippen LogP contribution in [0.3, 0.4) is 0 Å². The first-order valence-electron chi connectivity index (χ1n) is 6.96. The van der Waals surface area contributed by atoms with E-state index in [1.165, 1.54) is 12.8 Å². The Labute approximate surface area is 110 Å². The third kappa shape index (κ3) is 3.23. The van der Waals surface area contributed by atoms with Crippen molar-refractivity contribution < 1.29 is 8.42 Å². The summed E-state index contributed by atoms with van der Waals surface area (Å²) >= 11 is 0. The summed E-state index contributed by atoms with van der Waals surface area (Å²) in [6.07, 6.45) is 4.77. The number of fused-ring (bicyclic) bond motifs is 2. The van der Waals surface area contributed by atoms with Crippen LogP contribution >= 0.6 is 0 Å². The van der Waals surface area contributed by atoms with Crippen LogP contribution in [0, 0.1) is 0 Å². The normalized spacial score (nSPS) is 32.9. The molecule has 0 aromatic carbocycles. The van der Waals surface area contributed by atoms with E-state index in [0.717, 1.165) is 12.8 Å². The van der Waals surface area contributed by atoms with Crippen LogP contribution in [-0.2, 0) is 10.0 Å². The molecule has 0 radical (unpaired) electrons. The third-order valence-corrected chi connectivity index (χ3v) is 5.72. The minimum absolute atomic E-state index is 0.234. The van der Waals surface area contributed by atoms with Crippen molar-refractivity contribution in [2.24, 2.45) is 0 Å². The van der Waals surface area contributed by atoms with Gasteiger partial charge in [-0.3, -0.25) is 4.90 Å². The SMILES string of the molecule is CCNS(=O)(=O)CCN1C2CCC1CC(NC)C2. The van der Waals surface area contributed by atoms with Gasteiger partial charge in [-0.05, 0) is 32.7 Å². The maximum absolute atomic E-state index is 11.7. The Morgan fingerprint density at radius 3 is 2.33 bits per heavy atom. The zero-order valence-electron chi connectivity index (χ0n) is 11.4. The molecule has 0 saturated carbocycles. The van der Waals surface area contributed by atoms with Gasteiger partial charge in [0.15, 0.2) is 0 Å². The van der Waals surface area contributed by atoms with Gasteiger partial charge in [-0.2, -0.15) is 0 Å². The van der Waals surface area contributed by atoms with Crippen LogP contribution in [0.1, 0.15) is 32.6 Å². The van der Waals surface area contributed by atoms with E-state index >= 15 is 0 Å². The van der Waals surface area contributed by atoms with E-state index in [4.69, 9.17) is 0 Å². The number of piperidine rings is 1. The summed E-state index contributed by atoms with van der Waals surface area (Å²) in [7, 11) is -1.05. The highest BCUT2D eigenvalue weighted by Gasteiger charge is 2.40. The monoisotopic (exact) mass is 275 g/mol. The Balaban J connectivity index is 1.88. The molecule has 2 unspecified atom stereocenters. The van der Waals surface area contributed by atoms with E-state index in [1.807, 2.05) is 14.0 Å². The summed E-state index contributed by atoms with van der Waals surface area (Å²) in [5, 5.41) is 3.36. The van der Waals surface area contributed by atoms with E-state index in [2.05, 4.69) is 14.9 Å². The van der Waals surface area contributed by atoms with E-state index in [1.54, 1.807) is 0 Å². The highest BCUT2D eigenvalue weighted by atomic mass is 32.2. The lowest BCUT2D eigenvalue weighted by Crippen LogP contribution is -2.50. The zero-order valence-corrected chi connectivity index (χ0v) is 12.2. The molecule has 2 saturated heterocycles. The van der Waals surface area contributed by atoms with Gasteiger partial charge in [0, 0.05) is 31.2 Å². The van der Waals surface area contributed by atoms with Crippen LogP contribution in [0.5, 0.6) is 0 Å². The minimum atomic E-state index is -3.08. The first-order valence-corrected chi connectivity index (χ1v) is 8.61. The van der Waals surface area contributed by atoms with E-state index in [0.29, 0.717) is 31.2 Å². The molecule has 0 spiro atoms. The Hall–Kier alpha value is -0.170. The predicted molar refractivity (Wildman–Crippen MR) is 73.1 cm³/mol. The van der Waals surface area contributed by atoms with Crippen molar-refractivity contribution in [3.8, 4) is 0 Å². The summed E-state index contributed by atoms with van der Waals surface area (Å²) < 4.78 is 25.9. The largest absolute Gasteiger partial charge is 0.317 e. The maximum Gasteiger partial charge on any atom is 0.212 e. The smallest absolute Gasteiger partial charge is 0.212 e. The summed E-state index contributed by atoms with van der Waals surface area (Å²) in [5.74, 6) is 0.234. The van der Waals surface area contributed by atoms with Gasteiger partial charge in [0.1, 0.15) is 0 Å². The van der Waals surface area contributed by atoms with Gasteiger partial charge >= 0.3 is 0 Å². The molecule has 0 aliphatic carbocycles. The molecule has 2 aliphatic heterocycles. The Bertz CT molecular complexity index is 358. The molecule has 2 bridgehead atoms. The van der Waals surface area contributed by atoms with Crippen molar-refractivity contribution in [2.75, 3.05) is 25.9 Å². The summed E-state index contributed by atoms with van der Waals surface area (Å²) in [4.78, 5) is 2.42. The topological polar surface area (TPSA) is 61.4 Å². The summed E-state index contributed by atoms with van der Waals surface area (Å²) in [6.45, 7) is 2.98. The second-order valence-corrected chi connectivity index (χ2v) is 7.32.